The molecule has 1 N–H and O–H groups in total. The molecule has 0 saturated heterocycles. The van der Waals surface area contributed by atoms with E-state index in [1.54, 1.807) is 0 Å². The summed E-state index contributed by atoms with van der Waals surface area (Å²) in [5.41, 5.74) is 0. The molecule has 0 aromatic heterocycles. The van der Waals surface area contributed by atoms with Crippen LogP contribution in [0.4, 0.5) is 0 Å². The van der Waals surface area contributed by atoms with Gasteiger partial charge in [-0.1, -0.05) is 203 Å². The van der Waals surface area contributed by atoms with Crippen molar-refractivity contribution in [2.24, 2.45) is 0 Å². The van der Waals surface area contributed by atoms with Gasteiger partial charge in [-0.15, -0.1) is 0 Å². The van der Waals surface area contributed by atoms with E-state index in [1.807, 2.05) is 21.1 Å². The van der Waals surface area contributed by atoms with Gasteiger partial charge < -0.3 is 23.8 Å². The Kier molecular flexibility index (Phi) is 46.3. The van der Waals surface area contributed by atoms with Crippen LogP contribution in [-0.4, -0.2) is 80.6 Å². The highest BCUT2D eigenvalue weighted by Gasteiger charge is 2.31. The van der Waals surface area contributed by atoms with Crippen LogP contribution in [0.3, 0.4) is 0 Å². The van der Waals surface area contributed by atoms with E-state index < -0.39 is 18.1 Å². The van der Waals surface area contributed by atoms with Gasteiger partial charge in [-0.2, -0.15) is 0 Å². The van der Waals surface area contributed by atoms with Crippen LogP contribution >= 0.6 is 0 Å². The second kappa shape index (κ2) is 48.5. The van der Waals surface area contributed by atoms with Crippen molar-refractivity contribution in [3.05, 3.63) is 60.8 Å². The van der Waals surface area contributed by atoms with Gasteiger partial charge in [-0.25, -0.2) is 4.79 Å². The van der Waals surface area contributed by atoms with E-state index >= 15 is 0 Å². The number of hydrogen-bond acceptors (Lipinski definition) is 6. The summed E-state index contributed by atoms with van der Waals surface area (Å²) in [6, 6.07) is -0.619. The van der Waals surface area contributed by atoms with Crippen LogP contribution in [0.15, 0.2) is 60.8 Å². The Bertz CT molecular complexity index is 1260. The number of carbonyl (C=O) groups is 3. The van der Waals surface area contributed by atoms with Crippen molar-refractivity contribution in [3.63, 3.8) is 0 Å². The first-order chi connectivity index (χ1) is 32.1. The smallest absolute Gasteiger partial charge is 0.362 e. The predicted octanol–water partition coefficient (Wildman–Crippen LogP) is 16.1. The van der Waals surface area contributed by atoms with Crippen molar-refractivity contribution in [3.8, 4) is 0 Å². The van der Waals surface area contributed by atoms with Crippen LogP contribution in [0.25, 0.3) is 0 Å². The van der Waals surface area contributed by atoms with Gasteiger partial charge in [-0.3, -0.25) is 9.59 Å². The van der Waals surface area contributed by atoms with E-state index in [9.17, 15) is 19.5 Å². The second-order valence-electron chi connectivity index (χ2n) is 19.5. The van der Waals surface area contributed by atoms with Crippen molar-refractivity contribution in [2.45, 2.75) is 251 Å². The van der Waals surface area contributed by atoms with Gasteiger partial charge in [0.05, 0.1) is 34.4 Å². The highest BCUT2D eigenvalue weighted by atomic mass is 16.6. The van der Waals surface area contributed by atoms with Crippen LogP contribution in [0.5, 0.6) is 0 Å². The quantitative estimate of drug-likeness (QED) is 0.0213. The third-order valence-corrected chi connectivity index (χ3v) is 12.2. The minimum absolute atomic E-state index is 0.0560. The summed E-state index contributed by atoms with van der Waals surface area (Å²) in [5, 5.41) is 9.67. The molecule has 0 aromatic carbocycles. The number of quaternary nitrogens is 1. The monoisotopic (exact) mass is 927 g/mol. The number of hydrogen-bond donors (Lipinski definition) is 1. The highest BCUT2D eigenvalue weighted by molar-refractivity contribution is 5.72. The standard InChI is InChI=1S/C58H103NO7/c1-6-8-10-12-14-16-18-20-22-24-26-28-29-31-32-34-36-38-40-42-44-46-48-56(60)65-53-54(52-64-51-50-55(58(62)63)59(3,4)5)66-57(61)49-47-45-43-41-39-37-35-33-30-27-25-23-21-19-17-15-13-11-9-7-2/h14,16-17,19-23,26,28,54-55H,6-13,15,18,24-25,27,29-53H2,1-5H3/p+1/b16-14+,19-17+,22-20+,23-21+,28-26+. The molecule has 0 rings (SSSR count). The van der Waals surface area contributed by atoms with E-state index in [-0.39, 0.29) is 36.2 Å². The van der Waals surface area contributed by atoms with E-state index in [0.717, 1.165) is 51.4 Å². The molecule has 382 valence electrons. The first-order valence-corrected chi connectivity index (χ1v) is 27.3. The number of carbonyl (C=O) groups excluding carboxylic acids is 2. The van der Waals surface area contributed by atoms with Crippen molar-refractivity contribution >= 4 is 17.9 Å². The summed E-state index contributed by atoms with van der Waals surface area (Å²) in [4.78, 5) is 37.2. The summed E-state index contributed by atoms with van der Waals surface area (Å²) >= 11 is 0. The largest absolute Gasteiger partial charge is 0.477 e. The summed E-state index contributed by atoms with van der Waals surface area (Å²) in [6.45, 7) is 4.71. The van der Waals surface area contributed by atoms with Crippen LogP contribution in [0.1, 0.15) is 239 Å². The van der Waals surface area contributed by atoms with Crippen molar-refractivity contribution in [1.29, 1.82) is 0 Å². The molecule has 0 aliphatic heterocycles. The first kappa shape index (κ1) is 63.0. The Labute approximate surface area is 407 Å². The molecule has 0 amide bonds. The molecular formula is C58H104NO7+. The number of likely N-dealkylation sites (N-methyl/N-ethyl adjacent to an activating group) is 1. The summed E-state index contributed by atoms with van der Waals surface area (Å²) in [6.07, 6.45) is 61.2. The molecule has 0 radical (unpaired) electrons. The molecule has 66 heavy (non-hydrogen) atoms. The molecule has 8 heteroatoms. The van der Waals surface area contributed by atoms with Gasteiger partial charge >= 0.3 is 17.9 Å². The van der Waals surface area contributed by atoms with Crippen molar-refractivity contribution < 1.29 is 38.2 Å². The maximum Gasteiger partial charge on any atom is 0.362 e. The van der Waals surface area contributed by atoms with E-state index in [2.05, 4.69) is 74.6 Å². The zero-order valence-corrected chi connectivity index (χ0v) is 43.6. The number of esters is 2. The number of carboxylic acids is 1. The minimum atomic E-state index is -0.876. The van der Waals surface area contributed by atoms with Crippen LogP contribution in [-0.2, 0) is 28.6 Å². The maximum atomic E-state index is 12.8. The normalized spacial score (nSPS) is 13.3. The number of nitrogens with zero attached hydrogens (tertiary/aromatic N) is 1. The lowest BCUT2D eigenvalue weighted by atomic mass is 10.1. The molecule has 0 spiro atoms. The zero-order chi connectivity index (χ0) is 48.4. The minimum Gasteiger partial charge on any atom is -0.477 e. The molecular weight excluding hydrogens is 823 g/mol. The fraction of sp³-hybridized carbons (Fsp3) is 0.776. The summed E-state index contributed by atoms with van der Waals surface area (Å²) in [7, 11) is 5.54. The predicted molar refractivity (Wildman–Crippen MR) is 280 cm³/mol. The van der Waals surface area contributed by atoms with Gasteiger partial charge in [0, 0.05) is 19.3 Å². The molecule has 0 bridgehead atoms. The van der Waals surface area contributed by atoms with E-state index in [1.165, 1.54) is 154 Å². The summed E-state index contributed by atoms with van der Waals surface area (Å²) in [5.74, 6) is -1.47. The lowest BCUT2D eigenvalue weighted by Crippen LogP contribution is -2.50. The average molecular weight is 927 g/mol. The molecule has 0 aromatic rings. The first-order valence-electron chi connectivity index (χ1n) is 27.3. The molecule has 0 aliphatic carbocycles. The lowest BCUT2D eigenvalue weighted by molar-refractivity contribution is -0.887. The molecule has 0 aliphatic rings. The average Bonchev–Trinajstić information content (AvgIpc) is 3.28. The Hall–Kier alpha value is -2.97. The van der Waals surface area contributed by atoms with E-state index in [0.29, 0.717) is 19.3 Å². The maximum absolute atomic E-state index is 12.8. The SMILES string of the molecule is CCCCC/C=C/C/C=C/C/C=C/CCCCCCCCCCCC(=O)OCC(COCCC(C(=O)O)[N+](C)(C)C)OC(=O)CCCCCCCCCCCC/C=C/C=C/CCCCCC. The number of aliphatic carboxylic acids is 1. The van der Waals surface area contributed by atoms with Gasteiger partial charge in [0.2, 0.25) is 0 Å². The van der Waals surface area contributed by atoms with Gasteiger partial charge in [0.15, 0.2) is 12.1 Å². The van der Waals surface area contributed by atoms with Gasteiger partial charge in [0.1, 0.15) is 6.61 Å². The number of ether oxygens (including phenoxy) is 3. The number of allylic oxidation sites excluding steroid dienone is 10. The molecule has 0 heterocycles. The third kappa shape index (κ3) is 46.2. The second-order valence-corrected chi connectivity index (χ2v) is 19.5. The number of unbranched alkanes of at least 4 members (excludes halogenated alkanes) is 26. The fourth-order valence-corrected chi connectivity index (χ4v) is 7.91. The zero-order valence-electron chi connectivity index (χ0n) is 43.6. The third-order valence-electron chi connectivity index (χ3n) is 12.2. The number of carboxylic acid groups (broad SMARTS) is 1. The summed E-state index contributed by atoms with van der Waals surface area (Å²) < 4.78 is 17.4. The van der Waals surface area contributed by atoms with Crippen LogP contribution in [0, 0.1) is 0 Å². The Balaban J connectivity index is 4.22. The molecule has 8 nitrogen and oxygen atoms in total. The number of rotatable bonds is 49. The fourth-order valence-electron chi connectivity index (χ4n) is 7.91. The van der Waals surface area contributed by atoms with Crippen LogP contribution < -0.4 is 0 Å². The van der Waals surface area contributed by atoms with E-state index in [4.69, 9.17) is 14.2 Å². The Morgan fingerprint density at radius 3 is 1.30 bits per heavy atom. The molecule has 2 unspecified atom stereocenters. The van der Waals surface area contributed by atoms with Gasteiger partial charge in [0.25, 0.3) is 0 Å². The van der Waals surface area contributed by atoms with Gasteiger partial charge in [-0.05, 0) is 77.0 Å². The Morgan fingerprint density at radius 2 is 0.848 bits per heavy atom. The lowest BCUT2D eigenvalue weighted by Gasteiger charge is -2.31. The Morgan fingerprint density at radius 1 is 0.470 bits per heavy atom. The van der Waals surface area contributed by atoms with Crippen LogP contribution in [0.2, 0.25) is 0 Å². The topological polar surface area (TPSA) is 99.1 Å². The van der Waals surface area contributed by atoms with Crippen molar-refractivity contribution in [2.75, 3.05) is 41.0 Å². The highest BCUT2D eigenvalue weighted by Crippen LogP contribution is 2.15. The van der Waals surface area contributed by atoms with Crippen molar-refractivity contribution in [1.82, 2.24) is 0 Å². The molecule has 0 saturated carbocycles. The molecule has 0 fully saturated rings. The molecule has 2 atom stereocenters.